The minimum Gasteiger partial charge on any atom is -0.466 e. The summed E-state index contributed by atoms with van der Waals surface area (Å²) in [5.41, 5.74) is 8.19. The molecule has 0 fully saturated rings. The summed E-state index contributed by atoms with van der Waals surface area (Å²) in [4.78, 5) is 18.1. The summed E-state index contributed by atoms with van der Waals surface area (Å²) in [6.45, 7) is 1.98. The number of nitrogen functional groups attached to an aromatic ring is 1. The van der Waals surface area contributed by atoms with Crippen molar-refractivity contribution >= 4 is 17.4 Å². The number of nitrogens with zero attached hydrogens (tertiary/aromatic N) is 2. The molecule has 0 unspecified atom stereocenters. The monoisotopic (exact) mass is 407 g/mol. The lowest BCUT2D eigenvalue weighted by Crippen LogP contribution is -2.45. The molecule has 3 N–H and O–H groups in total. The van der Waals surface area contributed by atoms with Gasteiger partial charge in [-0.2, -0.15) is 0 Å². The predicted octanol–water partition coefficient (Wildman–Crippen LogP) is 3.00. The van der Waals surface area contributed by atoms with Gasteiger partial charge in [0.25, 0.3) is 5.60 Å². The van der Waals surface area contributed by atoms with Crippen molar-refractivity contribution in [2.24, 2.45) is 5.16 Å². The van der Waals surface area contributed by atoms with Crippen LogP contribution in [0, 0.1) is 6.92 Å². The molecule has 2 heterocycles. The van der Waals surface area contributed by atoms with Crippen LogP contribution in [-0.4, -0.2) is 34.7 Å². The minimum atomic E-state index is -1.81. The van der Waals surface area contributed by atoms with Gasteiger partial charge in [-0.15, -0.1) is 0 Å². The number of oxime groups is 1. The van der Waals surface area contributed by atoms with E-state index in [1.165, 1.54) is 7.11 Å². The Morgan fingerprint density at radius 2 is 1.97 bits per heavy atom. The molecule has 1 aromatic heterocycles. The molecule has 0 saturated carbocycles. The molecule has 1 aliphatic heterocycles. The van der Waals surface area contributed by atoms with E-state index in [4.69, 9.17) is 19.8 Å². The van der Waals surface area contributed by atoms with Gasteiger partial charge in [0, 0.05) is 22.9 Å². The zero-order valence-electron chi connectivity index (χ0n) is 16.5. The fraction of sp³-hybridized carbons (Fsp3) is 0.227. The highest BCUT2D eigenvalue weighted by molar-refractivity contribution is 6.08. The molecule has 30 heavy (non-hydrogen) atoms. The summed E-state index contributed by atoms with van der Waals surface area (Å²) in [5.74, 6) is -0.718. The third-order valence-corrected chi connectivity index (χ3v) is 5.14. The molecule has 0 saturated heterocycles. The quantitative estimate of drug-likeness (QED) is 0.493. The Bertz CT molecular complexity index is 1110. The average Bonchev–Trinajstić information content (AvgIpc) is 3.42. The molecule has 0 amide bonds. The third-order valence-electron chi connectivity index (χ3n) is 5.14. The van der Waals surface area contributed by atoms with Crippen LogP contribution in [0.5, 0.6) is 0 Å². The van der Waals surface area contributed by atoms with Gasteiger partial charge in [0.15, 0.2) is 11.9 Å². The van der Waals surface area contributed by atoms with E-state index in [0.29, 0.717) is 22.7 Å². The number of nitrogens with two attached hydrogens (primary N) is 1. The standard InChI is InChI=1S/C22H21N3O5/c1-13-7-9-14(10-8-13)17-11-19(29-24-17)20(26)22(21(27)28-2)12-18(25-30-22)15-5-3-4-6-16(15)23/h3-11,20,26H,12,23H2,1-2H3/t20-,22-/m0/s1. The van der Waals surface area contributed by atoms with Crippen molar-refractivity contribution in [1.29, 1.82) is 0 Å². The number of hydrogen-bond acceptors (Lipinski definition) is 8. The molecular formula is C22H21N3O5. The van der Waals surface area contributed by atoms with Gasteiger partial charge in [-0.1, -0.05) is 58.3 Å². The number of aryl methyl sites for hydroxylation is 1. The van der Waals surface area contributed by atoms with Crippen LogP contribution in [0.15, 0.2) is 64.3 Å². The lowest BCUT2D eigenvalue weighted by Gasteiger charge is -2.27. The molecule has 3 aromatic rings. The normalized spacial score (nSPS) is 19.1. The maximum absolute atomic E-state index is 12.7. The number of hydrogen-bond donors (Lipinski definition) is 2. The Morgan fingerprint density at radius 3 is 2.67 bits per heavy atom. The number of esters is 1. The van der Waals surface area contributed by atoms with Gasteiger partial charge in [-0.25, -0.2) is 4.79 Å². The Morgan fingerprint density at radius 1 is 1.23 bits per heavy atom. The van der Waals surface area contributed by atoms with Gasteiger partial charge in [-0.05, 0) is 13.0 Å². The summed E-state index contributed by atoms with van der Waals surface area (Å²) in [5, 5.41) is 19.1. The zero-order chi connectivity index (χ0) is 21.3. The van der Waals surface area contributed by atoms with Crippen LogP contribution in [0.1, 0.15) is 29.4 Å². The van der Waals surface area contributed by atoms with Gasteiger partial charge in [-0.3, -0.25) is 0 Å². The van der Waals surface area contributed by atoms with E-state index in [0.717, 1.165) is 11.1 Å². The minimum absolute atomic E-state index is 0.0460. The molecule has 0 bridgehead atoms. The van der Waals surface area contributed by atoms with Crippen molar-refractivity contribution < 1.29 is 24.0 Å². The maximum atomic E-state index is 12.7. The van der Waals surface area contributed by atoms with Crippen molar-refractivity contribution in [2.75, 3.05) is 12.8 Å². The molecule has 154 valence electrons. The Kier molecular flexibility index (Phi) is 5.01. The molecule has 8 nitrogen and oxygen atoms in total. The fourth-order valence-corrected chi connectivity index (χ4v) is 3.40. The first-order chi connectivity index (χ1) is 14.4. The maximum Gasteiger partial charge on any atom is 0.356 e. The fourth-order valence-electron chi connectivity index (χ4n) is 3.40. The Labute approximate surface area is 172 Å². The summed E-state index contributed by atoms with van der Waals surface area (Å²) in [7, 11) is 1.22. The van der Waals surface area contributed by atoms with E-state index < -0.39 is 17.7 Å². The number of aliphatic hydroxyl groups excluding tert-OH is 1. The zero-order valence-corrected chi connectivity index (χ0v) is 16.5. The van der Waals surface area contributed by atoms with Crippen LogP contribution in [0.4, 0.5) is 5.69 Å². The number of carbonyl (C=O) groups is 1. The number of methoxy groups -OCH3 is 1. The Balaban J connectivity index is 1.65. The number of carbonyl (C=O) groups excluding carboxylic acids is 1. The van der Waals surface area contributed by atoms with Crippen molar-refractivity contribution in [2.45, 2.75) is 25.0 Å². The van der Waals surface area contributed by atoms with Crippen molar-refractivity contribution in [1.82, 2.24) is 5.16 Å². The molecular weight excluding hydrogens is 386 g/mol. The first-order valence-electron chi connectivity index (χ1n) is 9.34. The number of para-hydroxylation sites is 1. The van der Waals surface area contributed by atoms with E-state index >= 15 is 0 Å². The first kappa shape index (κ1) is 19.7. The van der Waals surface area contributed by atoms with Crippen molar-refractivity contribution in [3.05, 3.63) is 71.5 Å². The number of benzene rings is 2. The van der Waals surface area contributed by atoms with Crippen LogP contribution in [0.2, 0.25) is 0 Å². The molecule has 4 rings (SSSR count). The van der Waals surface area contributed by atoms with Gasteiger partial charge in [0.05, 0.1) is 19.2 Å². The number of ether oxygens (including phenoxy) is 1. The van der Waals surface area contributed by atoms with Gasteiger partial charge in [0.2, 0.25) is 0 Å². The smallest absolute Gasteiger partial charge is 0.356 e. The predicted molar refractivity (Wildman–Crippen MR) is 109 cm³/mol. The summed E-state index contributed by atoms with van der Waals surface area (Å²) in [6, 6.07) is 16.3. The van der Waals surface area contributed by atoms with Gasteiger partial charge >= 0.3 is 5.97 Å². The molecule has 0 spiro atoms. The number of aliphatic hydroxyl groups is 1. The first-order valence-corrected chi connectivity index (χ1v) is 9.34. The molecule has 1 aliphatic rings. The van der Waals surface area contributed by atoms with Gasteiger partial charge < -0.3 is 24.9 Å². The van der Waals surface area contributed by atoms with E-state index in [9.17, 15) is 9.90 Å². The van der Waals surface area contributed by atoms with Crippen LogP contribution < -0.4 is 5.73 Å². The van der Waals surface area contributed by atoms with E-state index in [2.05, 4.69) is 10.3 Å². The number of aromatic nitrogens is 1. The number of anilines is 1. The Hall–Kier alpha value is -3.65. The van der Waals surface area contributed by atoms with Crippen LogP contribution >= 0.6 is 0 Å². The van der Waals surface area contributed by atoms with Gasteiger partial charge in [0.1, 0.15) is 5.69 Å². The highest BCUT2D eigenvalue weighted by Crippen LogP contribution is 2.40. The summed E-state index contributed by atoms with van der Waals surface area (Å²) >= 11 is 0. The molecule has 2 atom stereocenters. The topological polar surface area (TPSA) is 120 Å². The second-order valence-electron chi connectivity index (χ2n) is 7.16. The lowest BCUT2D eigenvalue weighted by atomic mass is 9.87. The van der Waals surface area contributed by atoms with E-state index in [1.54, 1.807) is 30.3 Å². The molecule has 2 aromatic carbocycles. The molecule has 8 heteroatoms. The number of rotatable bonds is 5. The highest BCUT2D eigenvalue weighted by atomic mass is 16.7. The van der Waals surface area contributed by atoms with Crippen molar-refractivity contribution in [3.63, 3.8) is 0 Å². The van der Waals surface area contributed by atoms with E-state index in [-0.39, 0.29) is 12.2 Å². The second-order valence-corrected chi connectivity index (χ2v) is 7.16. The van der Waals surface area contributed by atoms with Crippen LogP contribution in [0.25, 0.3) is 11.3 Å². The molecule has 0 radical (unpaired) electrons. The summed E-state index contributed by atoms with van der Waals surface area (Å²) < 4.78 is 10.3. The average molecular weight is 407 g/mol. The third kappa shape index (κ3) is 3.31. The summed E-state index contributed by atoms with van der Waals surface area (Å²) in [6.07, 6.45) is -1.54. The van der Waals surface area contributed by atoms with Crippen molar-refractivity contribution in [3.8, 4) is 11.3 Å². The van der Waals surface area contributed by atoms with Crippen LogP contribution in [-0.2, 0) is 14.4 Å². The lowest BCUT2D eigenvalue weighted by molar-refractivity contribution is -0.184. The second kappa shape index (κ2) is 7.64. The van der Waals surface area contributed by atoms with E-state index in [1.807, 2.05) is 31.2 Å². The molecule has 0 aliphatic carbocycles. The SMILES string of the molecule is COC(=O)[C@@]1([C@@H](O)c2cc(-c3ccc(C)cc3)no2)CC(c2ccccc2N)=NO1. The van der Waals surface area contributed by atoms with Crippen LogP contribution in [0.3, 0.4) is 0 Å². The largest absolute Gasteiger partial charge is 0.466 e. The highest BCUT2D eigenvalue weighted by Gasteiger charge is 2.56.